The molecule has 0 aliphatic heterocycles. The fraction of sp³-hybridized carbons (Fsp3) is 0.588. The summed E-state index contributed by atoms with van der Waals surface area (Å²) in [4.78, 5) is 12.5. The lowest BCUT2D eigenvalue weighted by atomic mass is 9.69. The summed E-state index contributed by atoms with van der Waals surface area (Å²) in [6.45, 7) is 7.04. The third kappa shape index (κ3) is 2.33. The number of carbonyl (C=O) groups excluding carboxylic acids is 1. The van der Waals surface area contributed by atoms with Gasteiger partial charge in [-0.2, -0.15) is 0 Å². The predicted octanol–water partition coefficient (Wildman–Crippen LogP) is 5.05. The van der Waals surface area contributed by atoms with Crippen LogP contribution in [0, 0.1) is 16.7 Å². The Labute approximate surface area is 139 Å². The molecule has 1 aromatic rings. The highest BCUT2D eigenvalue weighted by molar-refractivity contribution is 9.10. The van der Waals surface area contributed by atoms with Gasteiger partial charge in [-0.25, -0.2) is 0 Å². The van der Waals surface area contributed by atoms with Crippen LogP contribution in [-0.4, -0.2) is 11.9 Å². The Morgan fingerprint density at radius 2 is 2.05 bits per heavy atom. The first-order valence-electron chi connectivity index (χ1n) is 7.51. The van der Waals surface area contributed by atoms with Gasteiger partial charge < -0.3 is 5.32 Å². The van der Waals surface area contributed by atoms with Gasteiger partial charge >= 0.3 is 0 Å². The highest BCUT2D eigenvalue weighted by Crippen LogP contribution is 2.65. The first kappa shape index (κ1) is 15.4. The van der Waals surface area contributed by atoms with Crippen molar-refractivity contribution < 1.29 is 4.79 Å². The maximum Gasteiger partial charge on any atom is 0.251 e. The lowest BCUT2D eigenvalue weighted by molar-refractivity contribution is 0.0826. The van der Waals surface area contributed by atoms with E-state index in [0.717, 1.165) is 16.8 Å². The van der Waals surface area contributed by atoms with Gasteiger partial charge in [0.25, 0.3) is 5.91 Å². The van der Waals surface area contributed by atoms with Crippen molar-refractivity contribution in [1.82, 2.24) is 5.32 Å². The molecule has 2 aliphatic rings. The van der Waals surface area contributed by atoms with Crippen LogP contribution in [-0.2, 0) is 0 Å². The topological polar surface area (TPSA) is 29.1 Å². The molecule has 2 nitrogen and oxygen atoms in total. The van der Waals surface area contributed by atoms with Gasteiger partial charge in [0.05, 0.1) is 0 Å². The summed E-state index contributed by atoms with van der Waals surface area (Å²) < 4.78 is 0.833. The number of hydrogen-bond donors (Lipinski definition) is 1. The molecule has 0 aromatic heterocycles. The molecule has 0 saturated heterocycles. The lowest BCUT2D eigenvalue weighted by Crippen LogP contribution is -2.46. The maximum atomic E-state index is 12.5. The van der Waals surface area contributed by atoms with Crippen LogP contribution in [0.15, 0.2) is 22.7 Å². The van der Waals surface area contributed by atoms with E-state index in [1.54, 1.807) is 12.1 Å². The zero-order valence-corrected chi connectivity index (χ0v) is 15.0. The molecular formula is C17H21BrClNO. The van der Waals surface area contributed by atoms with Crippen LogP contribution in [0.4, 0.5) is 0 Å². The van der Waals surface area contributed by atoms with Gasteiger partial charge in [-0.1, -0.05) is 48.3 Å². The van der Waals surface area contributed by atoms with Crippen LogP contribution in [0.3, 0.4) is 0 Å². The van der Waals surface area contributed by atoms with Crippen molar-refractivity contribution in [3.05, 3.63) is 33.3 Å². The molecule has 2 fully saturated rings. The quantitative estimate of drug-likeness (QED) is 0.775. The van der Waals surface area contributed by atoms with Crippen molar-refractivity contribution in [2.75, 3.05) is 0 Å². The zero-order chi connectivity index (χ0) is 15.4. The van der Waals surface area contributed by atoms with Crippen molar-refractivity contribution in [1.29, 1.82) is 0 Å². The third-order valence-corrected chi connectivity index (χ3v) is 6.90. The fourth-order valence-corrected chi connectivity index (χ4v) is 5.21. The first-order valence-corrected chi connectivity index (χ1v) is 8.68. The molecule has 3 rings (SSSR count). The number of nitrogens with one attached hydrogen (secondary N) is 1. The second-order valence-corrected chi connectivity index (χ2v) is 8.65. The lowest BCUT2D eigenvalue weighted by Gasteiger charge is -2.39. The van der Waals surface area contributed by atoms with Crippen LogP contribution in [0.1, 0.15) is 50.4 Å². The van der Waals surface area contributed by atoms with Gasteiger partial charge in [0.2, 0.25) is 0 Å². The molecule has 0 radical (unpaired) electrons. The minimum absolute atomic E-state index is 0.0206. The molecule has 1 aromatic carbocycles. The summed E-state index contributed by atoms with van der Waals surface area (Å²) in [5.74, 6) is 0.701. The number of halogens is 2. The molecule has 2 aliphatic carbocycles. The standard InChI is InChI=1S/C17H21BrClNO/c1-16(2)11-4-5-17(16,3)14(8-11)20-15(21)10-6-12(18)9-13(19)7-10/h6-7,9,11,14H,4-5,8H2,1-3H3,(H,20,21). The number of rotatable bonds is 2. The smallest absolute Gasteiger partial charge is 0.251 e. The minimum atomic E-state index is -0.0206. The Balaban J connectivity index is 1.80. The summed E-state index contributed by atoms with van der Waals surface area (Å²) in [5.41, 5.74) is 1.13. The molecule has 1 N–H and O–H groups in total. The van der Waals surface area contributed by atoms with Gasteiger partial charge in [0.1, 0.15) is 0 Å². The first-order chi connectivity index (χ1) is 9.74. The Bertz CT molecular complexity index is 580. The summed E-state index contributed by atoms with van der Waals surface area (Å²) in [5, 5.41) is 3.84. The third-order valence-electron chi connectivity index (χ3n) is 6.22. The zero-order valence-electron chi connectivity index (χ0n) is 12.7. The van der Waals surface area contributed by atoms with E-state index in [9.17, 15) is 4.79 Å². The Hall–Kier alpha value is -0.540. The molecule has 0 spiro atoms. The summed E-state index contributed by atoms with van der Waals surface area (Å²) >= 11 is 9.43. The molecule has 2 bridgehead atoms. The van der Waals surface area contributed by atoms with Crippen molar-refractivity contribution in [3.8, 4) is 0 Å². The molecule has 3 unspecified atom stereocenters. The molecular weight excluding hydrogens is 350 g/mol. The molecule has 4 heteroatoms. The minimum Gasteiger partial charge on any atom is -0.349 e. The summed E-state index contributed by atoms with van der Waals surface area (Å²) in [6.07, 6.45) is 3.59. The van der Waals surface area contributed by atoms with Gasteiger partial charge in [-0.05, 0) is 54.2 Å². The van der Waals surface area contributed by atoms with E-state index in [2.05, 4.69) is 42.0 Å². The molecule has 0 heterocycles. The molecule has 1 amide bonds. The van der Waals surface area contributed by atoms with Crippen molar-refractivity contribution in [2.24, 2.45) is 16.7 Å². The normalized spacial score (nSPS) is 33.2. The van der Waals surface area contributed by atoms with Crippen molar-refractivity contribution >= 4 is 33.4 Å². The molecule has 3 atom stereocenters. The van der Waals surface area contributed by atoms with Gasteiger partial charge in [0, 0.05) is 21.1 Å². The van der Waals surface area contributed by atoms with Gasteiger partial charge in [-0.3, -0.25) is 4.79 Å². The Morgan fingerprint density at radius 1 is 1.33 bits per heavy atom. The van der Waals surface area contributed by atoms with E-state index in [0.29, 0.717) is 16.0 Å². The number of carbonyl (C=O) groups is 1. The molecule has 2 saturated carbocycles. The number of hydrogen-bond acceptors (Lipinski definition) is 1. The second-order valence-electron chi connectivity index (χ2n) is 7.29. The maximum absolute atomic E-state index is 12.5. The fourth-order valence-electron chi connectivity index (χ4n) is 4.35. The SMILES string of the molecule is CC1(C)C2CCC1(C)C(NC(=O)c1cc(Cl)cc(Br)c1)C2. The largest absolute Gasteiger partial charge is 0.349 e. The van der Waals surface area contributed by atoms with E-state index in [1.807, 2.05) is 6.07 Å². The highest BCUT2D eigenvalue weighted by Gasteiger charge is 2.61. The molecule has 114 valence electrons. The van der Waals surface area contributed by atoms with E-state index >= 15 is 0 Å². The van der Waals surface area contributed by atoms with Crippen LogP contribution in [0.2, 0.25) is 5.02 Å². The Kier molecular flexibility index (Phi) is 3.65. The second kappa shape index (κ2) is 4.99. The van der Waals surface area contributed by atoms with E-state index < -0.39 is 0 Å². The number of amides is 1. The van der Waals surface area contributed by atoms with Crippen LogP contribution < -0.4 is 5.32 Å². The highest BCUT2D eigenvalue weighted by atomic mass is 79.9. The van der Waals surface area contributed by atoms with Gasteiger partial charge in [0.15, 0.2) is 0 Å². The van der Waals surface area contributed by atoms with E-state index in [4.69, 9.17) is 11.6 Å². The molecule has 21 heavy (non-hydrogen) atoms. The van der Waals surface area contributed by atoms with Crippen molar-refractivity contribution in [3.63, 3.8) is 0 Å². The Morgan fingerprint density at radius 3 is 2.57 bits per heavy atom. The summed E-state index contributed by atoms with van der Waals surface area (Å²) in [6, 6.07) is 5.60. The average molecular weight is 371 g/mol. The number of benzene rings is 1. The monoisotopic (exact) mass is 369 g/mol. The van der Waals surface area contributed by atoms with Crippen LogP contribution >= 0.6 is 27.5 Å². The summed E-state index contributed by atoms with van der Waals surface area (Å²) in [7, 11) is 0. The average Bonchev–Trinajstić information content (AvgIpc) is 2.70. The van der Waals surface area contributed by atoms with E-state index in [-0.39, 0.29) is 17.4 Å². The predicted molar refractivity (Wildman–Crippen MR) is 89.6 cm³/mol. The van der Waals surface area contributed by atoms with Crippen molar-refractivity contribution in [2.45, 2.75) is 46.1 Å². The van der Waals surface area contributed by atoms with Crippen LogP contribution in [0.25, 0.3) is 0 Å². The van der Waals surface area contributed by atoms with Crippen LogP contribution in [0.5, 0.6) is 0 Å². The van der Waals surface area contributed by atoms with Gasteiger partial charge in [-0.15, -0.1) is 0 Å². The number of fused-ring (bicyclic) bond motifs is 2. The van der Waals surface area contributed by atoms with E-state index in [1.165, 1.54) is 12.8 Å².